The van der Waals surface area contributed by atoms with Gasteiger partial charge in [-0.15, -0.1) is 0 Å². The van der Waals surface area contributed by atoms with Gasteiger partial charge in [0.2, 0.25) is 0 Å². The predicted molar refractivity (Wildman–Crippen MR) is 38.7 cm³/mol. The molecule has 0 aromatic heterocycles. The molecular formula is C7H8ClFO2. The fraction of sp³-hybridized carbons (Fsp3) is 0.571. The third-order valence-corrected chi connectivity index (χ3v) is 1.81. The van der Waals surface area contributed by atoms with E-state index in [1.165, 1.54) is 13.2 Å². The van der Waals surface area contributed by atoms with E-state index in [-0.39, 0.29) is 17.8 Å². The van der Waals surface area contributed by atoms with Crippen molar-refractivity contribution in [2.24, 2.45) is 11.8 Å². The Bertz CT molecular complexity index is 199. The molecule has 4 heteroatoms. The molecule has 1 aliphatic rings. The zero-order valence-corrected chi connectivity index (χ0v) is 6.77. The van der Waals surface area contributed by atoms with E-state index in [0.717, 1.165) is 0 Å². The van der Waals surface area contributed by atoms with Crippen LogP contribution in [-0.4, -0.2) is 13.1 Å². The minimum absolute atomic E-state index is 0.0556. The summed E-state index contributed by atoms with van der Waals surface area (Å²) in [5.41, 5.74) is 0. The van der Waals surface area contributed by atoms with Gasteiger partial charge in [-0.2, -0.15) is 4.39 Å². The summed E-state index contributed by atoms with van der Waals surface area (Å²) in [6.45, 7) is 0. The lowest BCUT2D eigenvalue weighted by atomic mass is 10.3. The van der Waals surface area contributed by atoms with Crippen molar-refractivity contribution in [3.8, 4) is 0 Å². The zero-order valence-electron chi connectivity index (χ0n) is 6.01. The Morgan fingerprint density at radius 1 is 1.82 bits per heavy atom. The molecule has 2 atom stereocenters. The molecule has 0 saturated heterocycles. The SMILES string of the molecule is COC(=O)C1CC1C=C(F)Cl. The number of halogens is 2. The molecular weight excluding hydrogens is 171 g/mol. The minimum Gasteiger partial charge on any atom is -0.469 e. The van der Waals surface area contributed by atoms with Crippen molar-refractivity contribution in [3.63, 3.8) is 0 Å². The van der Waals surface area contributed by atoms with Gasteiger partial charge in [-0.3, -0.25) is 4.79 Å². The second-order valence-electron chi connectivity index (χ2n) is 2.49. The van der Waals surface area contributed by atoms with E-state index in [4.69, 9.17) is 11.6 Å². The normalized spacial score (nSPS) is 29.9. The lowest BCUT2D eigenvalue weighted by Crippen LogP contribution is -2.03. The predicted octanol–water partition coefficient (Wildman–Crippen LogP) is 1.85. The van der Waals surface area contributed by atoms with Gasteiger partial charge < -0.3 is 4.74 Å². The monoisotopic (exact) mass is 178 g/mol. The van der Waals surface area contributed by atoms with Crippen molar-refractivity contribution in [2.75, 3.05) is 7.11 Å². The molecule has 1 saturated carbocycles. The van der Waals surface area contributed by atoms with Crippen LogP contribution in [0, 0.1) is 11.8 Å². The van der Waals surface area contributed by atoms with Crippen molar-refractivity contribution in [2.45, 2.75) is 6.42 Å². The van der Waals surface area contributed by atoms with Crippen molar-refractivity contribution >= 4 is 17.6 Å². The van der Waals surface area contributed by atoms with Crippen LogP contribution in [0.3, 0.4) is 0 Å². The third kappa shape index (κ3) is 2.19. The first kappa shape index (κ1) is 8.53. The summed E-state index contributed by atoms with van der Waals surface area (Å²) >= 11 is 4.97. The highest BCUT2D eigenvalue weighted by molar-refractivity contribution is 6.28. The molecule has 11 heavy (non-hydrogen) atoms. The Morgan fingerprint density at radius 3 is 2.91 bits per heavy atom. The second-order valence-corrected chi connectivity index (χ2v) is 2.85. The van der Waals surface area contributed by atoms with Gasteiger partial charge in [0.15, 0.2) is 5.29 Å². The fourth-order valence-electron chi connectivity index (χ4n) is 0.983. The van der Waals surface area contributed by atoms with Crippen molar-refractivity contribution in [1.82, 2.24) is 0 Å². The van der Waals surface area contributed by atoms with Crippen LogP contribution in [0.25, 0.3) is 0 Å². The maximum atomic E-state index is 12.0. The lowest BCUT2D eigenvalue weighted by Gasteiger charge is -1.92. The van der Waals surface area contributed by atoms with Gasteiger partial charge in [0.25, 0.3) is 0 Å². The molecule has 0 amide bonds. The Kier molecular flexibility index (Phi) is 2.49. The van der Waals surface area contributed by atoms with Crippen LogP contribution in [-0.2, 0) is 9.53 Å². The first-order chi connectivity index (χ1) is 5.15. The molecule has 2 unspecified atom stereocenters. The van der Waals surface area contributed by atoms with Crippen molar-refractivity contribution < 1.29 is 13.9 Å². The number of hydrogen-bond donors (Lipinski definition) is 0. The number of ether oxygens (including phenoxy) is 1. The van der Waals surface area contributed by atoms with Gasteiger partial charge in [-0.25, -0.2) is 0 Å². The molecule has 0 spiro atoms. The molecule has 0 bridgehead atoms. The van der Waals surface area contributed by atoms with Crippen molar-refractivity contribution in [1.29, 1.82) is 0 Å². The lowest BCUT2D eigenvalue weighted by molar-refractivity contribution is -0.142. The van der Waals surface area contributed by atoms with Crippen molar-refractivity contribution in [3.05, 3.63) is 11.4 Å². The van der Waals surface area contributed by atoms with E-state index in [1.54, 1.807) is 0 Å². The third-order valence-electron chi connectivity index (χ3n) is 1.68. The summed E-state index contributed by atoms with van der Waals surface area (Å²) in [5, 5.41) is -0.749. The number of esters is 1. The van der Waals surface area contributed by atoms with E-state index in [0.29, 0.717) is 6.42 Å². The Morgan fingerprint density at radius 2 is 2.45 bits per heavy atom. The minimum atomic E-state index is -0.749. The molecule has 0 radical (unpaired) electrons. The van der Waals surface area contributed by atoms with Crippen LogP contribution in [0.4, 0.5) is 4.39 Å². The highest BCUT2D eigenvalue weighted by atomic mass is 35.5. The van der Waals surface area contributed by atoms with Crippen LogP contribution in [0.5, 0.6) is 0 Å². The van der Waals surface area contributed by atoms with Crippen LogP contribution < -0.4 is 0 Å². The Labute approximate surface area is 69.0 Å². The summed E-state index contributed by atoms with van der Waals surface area (Å²) in [7, 11) is 1.32. The standard InChI is InChI=1S/C7H8ClFO2/c1-11-7(10)5-2-4(5)3-6(8)9/h3-5H,2H2,1H3. The Hall–Kier alpha value is -0.570. The van der Waals surface area contributed by atoms with Gasteiger partial charge >= 0.3 is 5.97 Å². The van der Waals surface area contributed by atoms with E-state index in [2.05, 4.69) is 4.74 Å². The molecule has 0 aliphatic heterocycles. The van der Waals surface area contributed by atoms with Gasteiger partial charge in [-0.1, -0.05) is 11.6 Å². The average Bonchev–Trinajstić information content (AvgIpc) is 2.65. The van der Waals surface area contributed by atoms with Crippen LogP contribution in [0.15, 0.2) is 11.4 Å². The largest absolute Gasteiger partial charge is 0.469 e. The van der Waals surface area contributed by atoms with Gasteiger partial charge in [0, 0.05) is 0 Å². The van der Waals surface area contributed by atoms with E-state index >= 15 is 0 Å². The first-order valence-electron chi connectivity index (χ1n) is 3.25. The topological polar surface area (TPSA) is 26.3 Å². The Balaban J connectivity index is 2.38. The molecule has 1 rings (SSSR count). The fourth-order valence-corrected chi connectivity index (χ4v) is 1.14. The van der Waals surface area contributed by atoms with E-state index in [1.807, 2.05) is 0 Å². The average molecular weight is 179 g/mol. The number of allylic oxidation sites excluding steroid dienone is 1. The number of rotatable bonds is 2. The molecule has 1 aliphatic carbocycles. The van der Waals surface area contributed by atoms with E-state index in [9.17, 15) is 9.18 Å². The molecule has 1 fully saturated rings. The van der Waals surface area contributed by atoms with Gasteiger partial charge in [0.1, 0.15) is 0 Å². The summed E-state index contributed by atoms with van der Waals surface area (Å²) in [6.07, 6.45) is 1.88. The molecule has 62 valence electrons. The number of carbonyl (C=O) groups excluding carboxylic acids is 1. The molecule has 2 nitrogen and oxygen atoms in total. The van der Waals surface area contributed by atoms with Gasteiger partial charge in [0.05, 0.1) is 13.0 Å². The summed E-state index contributed by atoms with van der Waals surface area (Å²) < 4.78 is 16.5. The summed E-state index contributed by atoms with van der Waals surface area (Å²) in [4.78, 5) is 10.7. The molecule has 0 aromatic rings. The zero-order chi connectivity index (χ0) is 8.43. The number of carbonyl (C=O) groups is 1. The summed E-state index contributed by atoms with van der Waals surface area (Å²) in [6, 6.07) is 0. The second kappa shape index (κ2) is 3.22. The molecule has 0 heterocycles. The maximum absolute atomic E-state index is 12.0. The van der Waals surface area contributed by atoms with Crippen LogP contribution in [0.2, 0.25) is 0 Å². The number of methoxy groups -OCH3 is 1. The highest BCUT2D eigenvalue weighted by Gasteiger charge is 2.42. The smallest absolute Gasteiger partial charge is 0.309 e. The first-order valence-corrected chi connectivity index (χ1v) is 3.63. The number of hydrogen-bond acceptors (Lipinski definition) is 2. The molecule has 0 aromatic carbocycles. The highest BCUT2D eigenvalue weighted by Crippen LogP contribution is 2.41. The quantitative estimate of drug-likeness (QED) is 0.604. The van der Waals surface area contributed by atoms with Gasteiger partial charge in [-0.05, 0) is 18.4 Å². The summed E-state index contributed by atoms with van der Waals surface area (Å²) in [5.74, 6) is -0.520. The van der Waals surface area contributed by atoms with E-state index < -0.39 is 5.29 Å². The molecule has 0 N–H and O–H groups in total. The van der Waals surface area contributed by atoms with Crippen LogP contribution in [0.1, 0.15) is 6.42 Å². The van der Waals surface area contributed by atoms with Crippen LogP contribution >= 0.6 is 11.6 Å². The maximum Gasteiger partial charge on any atom is 0.309 e.